The molecule has 1 aliphatic heterocycles. The topological polar surface area (TPSA) is 96.7 Å². The largest absolute Gasteiger partial charge is 0.483 e. The minimum atomic E-state index is -3.17. The monoisotopic (exact) mass is 318 g/mol. The molecule has 1 saturated heterocycles. The third kappa shape index (κ3) is 4.95. The molecule has 0 radical (unpaired) electrons. The Balaban J connectivity index is 1.80. The van der Waals surface area contributed by atoms with E-state index in [2.05, 4.69) is 9.82 Å². The molecule has 2 heterocycles. The molecule has 0 saturated carbocycles. The van der Waals surface area contributed by atoms with Gasteiger partial charge in [0.25, 0.3) is 0 Å². The molecule has 2 N–H and O–H groups in total. The number of aryl methyl sites for hydroxylation is 1. The van der Waals surface area contributed by atoms with Crippen LogP contribution in [-0.2, 0) is 16.6 Å². The molecule has 2 rings (SSSR count). The van der Waals surface area contributed by atoms with E-state index in [1.807, 2.05) is 11.8 Å². The fourth-order valence-corrected chi connectivity index (χ4v) is 2.74. The van der Waals surface area contributed by atoms with Gasteiger partial charge in [0.05, 0.1) is 18.6 Å². The van der Waals surface area contributed by atoms with Gasteiger partial charge in [0, 0.05) is 32.7 Å². The molecular weight excluding hydrogens is 296 g/mol. The molecule has 0 unspecified atom stereocenters. The molecule has 120 valence electrons. The van der Waals surface area contributed by atoms with Crippen molar-refractivity contribution in [3.63, 3.8) is 0 Å². The molecule has 8 nitrogen and oxygen atoms in total. The van der Waals surface area contributed by atoms with Crippen LogP contribution < -0.4 is 9.46 Å². The van der Waals surface area contributed by atoms with Crippen molar-refractivity contribution in [2.45, 2.75) is 25.7 Å². The zero-order chi connectivity index (χ0) is 15.5. The summed E-state index contributed by atoms with van der Waals surface area (Å²) in [5.74, 6) is 0.636. The molecule has 0 spiro atoms. The van der Waals surface area contributed by atoms with Crippen LogP contribution in [0.3, 0.4) is 0 Å². The highest BCUT2D eigenvalue weighted by molar-refractivity contribution is 7.88. The molecule has 2 atom stereocenters. The zero-order valence-electron chi connectivity index (χ0n) is 12.3. The van der Waals surface area contributed by atoms with Crippen molar-refractivity contribution in [1.29, 1.82) is 0 Å². The minimum absolute atomic E-state index is 0.322. The first-order valence-electron chi connectivity index (χ1n) is 6.91. The number of likely N-dealkylation sites (tertiary alicyclic amines) is 1. The molecule has 1 aromatic heterocycles. The highest BCUT2D eigenvalue weighted by atomic mass is 32.2. The van der Waals surface area contributed by atoms with Gasteiger partial charge in [0.15, 0.2) is 5.75 Å². The van der Waals surface area contributed by atoms with Crippen LogP contribution in [0.1, 0.15) is 6.92 Å². The van der Waals surface area contributed by atoms with Gasteiger partial charge in [-0.2, -0.15) is 5.10 Å². The van der Waals surface area contributed by atoms with Crippen molar-refractivity contribution in [2.75, 3.05) is 32.4 Å². The molecular formula is C12H22N4O4S. The molecule has 9 heteroatoms. The summed E-state index contributed by atoms with van der Waals surface area (Å²) in [5, 5.41) is 14.1. The van der Waals surface area contributed by atoms with Crippen LogP contribution in [0.15, 0.2) is 12.4 Å². The van der Waals surface area contributed by atoms with Crippen LogP contribution in [0, 0.1) is 0 Å². The summed E-state index contributed by atoms with van der Waals surface area (Å²) >= 11 is 0. The summed E-state index contributed by atoms with van der Waals surface area (Å²) in [7, 11) is -3.17. The third-order valence-electron chi connectivity index (χ3n) is 3.33. The number of hydrogen-bond acceptors (Lipinski definition) is 6. The van der Waals surface area contributed by atoms with E-state index in [9.17, 15) is 13.5 Å². The number of nitrogens with one attached hydrogen (secondary N) is 1. The number of nitrogens with zero attached hydrogens (tertiary/aromatic N) is 3. The summed E-state index contributed by atoms with van der Waals surface area (Å²) in [5.41, 5.74) is 0. The second-order valence-corrected chi connectivity index (χ2v) is 7.01. The quantitative estimate of drug-likeness (QED) is 0.661. The van der Waals surface area contributed by atoms with Crippen molar-refractivity contribution in [3.8, 4) is 5.75 Å². The van der Waals surface area contributed by atoms with Crippen LogP contribution in [-0.4, -0.2) is 72.8 Å². The summed E-state index contributed by atoms with van der Waals surface area (Å²) in [6.07, 6.45) is 3.64. The summed E-state index contributed by atoms with van der Waals surface area (Å²) < 4.78 is 31.9. The lowest BCUT2D eigenvalue weighted by Crippen LogP contribution is -2.34. The lowest BCUT2D eigenvalue weighted by molar-refractivity contribution is 0.0736. The molecule has 0 amide bonds. The highest BCUT2D eigenvalue weighted by Crippen LogP contribution is 2.18. The lowest BCUT2D eigenvalue weighted by Gasteiger charge is -2.16. The minimum Gasteiger partial charge on any atom is -0.483 e. The number of ether oxygens (including phenoxy) is 1. The van der Waals surface area contributed by atoms with Crippen molar-refractivity contribution in [1.82, 2.24) is 19.4 Å². The van der Waals surface area contributed by atoms with Crippen LogP contribution in [0.5, 0.6) is 5.75 Å². The molecule has 1 aliphatic rings. The van der Waals surface area contributed by atoms with Crippen LogP contribution in [0.2, 0.25) is 0 Å². The fraction of sp³-hybridized carbons (Fsp3) is 0.750. The van der Waals surface area contributed by atoms with Crippen molar-refractivity contribution >= 4 is 10.0 Å². The zero-order valence-corrected chi connectivity index (χ0v) is 13.1. The van der Waals surface area contributed by atoms with Crippen LogP contribution in [0.4, 0.5) is 0 Å². The molecule has 0 aromatic carbocycles. The Morgan fingerprint density at radius 1 is 1.52 bits per heavy atom. The second kappa shape index (κ2) is 6.73. The number of sulfonamides is 1. The Morgan fingerprint density at radius 3 is 2.90 bits per heavy atom. The van der Waals surface area contributed by atoms with Gasteiger partial charge in [0.1, 0.15) is 12.2 Å². The van der Waals surface area contributed by atoms with Crippen LogP contribution in [0.25, 0.3) is 0 Å². The Bertz CT molecular complexity index is 559. The van der Waals surface area contributed by atoms with E-state index >= 15 is 0 Å². The maximum absolute atomic E-state index is 11.0. The predicted molar refractivity (Wildman–Crippen MR) is 77.6 cm³/mol. The first-order chi connectivity index (χ1) is 9.87. The number of aliphatic hydroxyl groups is 1. The summed E-state index contributed by atoms with van der Waals surface area (Å²) in [6, 6.07) is 0. The van der Waals surface area contributed by atoms with Gasteiger partial charge in [-0.05, 0) is 6.92 Å². The Morgan fingerprint density at radius 2 is 2.29 bits per heavy atom. The van der Waals surface area contributed by atoms with E-state index in [-0.39, 0.29) is 6.10 Å². The lowest BCUT2D eigenvalue weighted by atomic mass is 10.3. The van der Waals surface area contributed by atoms with Gasteiger partial charge in [-0.25, -0.2) is 13.1 Å². The van der Waals surface area contributed by atoms with Crippen molar-refractivity contribution < 1.29 is 18.3 Å². The van der Waals surface area contributed by atoms with Crippen molar-refractivity contribution in [2.24, 2.45) is 0 Å². The van der Waals surface area contributed by atoms with E-state index in [0.29, 0.717) is 31.9 Å². The normalized spacial score (nSPS) is 23.6. The van der Waals surface area contributed by atoms with Gasteiger partial charge in [-0.1, -0.05) is 0 Å². The van der Waals surface area contributed by atoms with Crippen molar-refractivity contribution in [3.05, 3.63) is 12.4 Å². The number of aliphatic hydroxyl groups excluding tert-OH is 1. The molecule has 1 fully saturated rings. The van der Waals surface area contributed by atoms with Gasteiger partial charge < -0.3 is 9.84 Å². The Labute approximate surface area is 124 Å². The molecule has 0 aliphatic carbocycles. The van der Waals surface area contributed by atoms with Gasteiger partial charge in [0.2, 0.25) is 10.0 Å². The summed E-state index contributed by atoms with van der Waals surface area (Å²) in [4.78, 5) is 1.97. The van der Waals surface area contributed by atoms with E-state index < -0.39 is 16.1 Å². The number of aromatic nitrogens is 2. The average Bonchev–Trinajstić information content (AvgIpc) is 2.96. The second-order valence-electron chi connectivity index (χ2n) is 5.18. The maximum Gasteiger partial charge on any atom is 0.208 e. The summed E-state index contributed by atoms with van der Waals surface area (Å²) in [6.45, 7) is 4.64. The highest BCUT2D eigenvalue weighted by Gasteiger charge is 2.33. The smallest absolute Gasteiger partial charge is 0.208 e. The van der Waals surface area contributed by atoms with E-state index in [1.165, 1.54) is 0 Å². The van der Waals surface area contributed by atoms with Gasteiger partial charge >= 0.3 is 0 Å². The van der Waals surface area contributed by atoms with E-state index in [4.69, 9.17) is 4.74 Å². The fourth-order valence-electron chi connectivity index (χ4n) is 2.27. The molecule has 0 bridgehead atoms. The van der Waals surface area contributed by atoms with Crippen LogP contribution >= 0.6 is 0 Å². The SMILES string of the molecule is CCn1cc(O[C@@H]2CN(CCNS(C)(=O)=O)C[C@H]2O)cn1. The average molecular weight is 318 g/mol. The Kier molecular flexibility index (Phi) is 5.20. The first kappa shape index (κ1) is 16.2. The number of hydrogen-bond donors (Lipinski definition) is 2. The van der Waals surface area contributed by atoms with Gasteiger partial charge in [-0.3, -0.25) is 9.58 Å². The van der Waals surface area contributed by atoms with E-state index in [0.717, 1.165) is 12.8 Å². The maximum atomic E-state index is 11.0. The predicted octanol–water partition coefficient (Wildman–Crippen LogP) is -1.12. The third-order valence-corrected chi connectivity index (χ3v) is 4.05. The molecule has 1 aromatic rings. The van der Waals surface area contributed by atoms with E-state index in [1.54, 1.807) is 17.1 Å². The standard InChI is InChI=1S/C12H22N4O4S/c1-3-16-7-10(6-13-16)20-12-9-15(8-11(12)17)5-4-14-21(2,18)19/h6-7,11-12,14,17H,3-5,8-9H2,1-2H3/t11-,12-/m1/s1. The van der Waals surface area contributed by atoms with Gasteiger partial charge in [-0.15, -0.1) is 0 Å². The number of β-amino-alcohol motifs (C(OH)–C–C–N with tert-alkyl or cyclic N) is 1. The molecule has 21 heavy (non-hydrogen) atoms. The Hall–Kier alpha value is -1.16. The first-order valence-corrected chi connectivity index (χ1v) is 8.80. The number of rotatable bonds is 7.